The van der Waals surface area contributed by atoms with Crippen LogP contribution in [0.2, 0.25) is 0 Å². The lowest BCUT2D eigenvalue weighted by Crippen LogP contribution is -2.52. The molecule has 0 aromatic rings. The second kappa shape index (κ2) is 16.0. The van der Waals surface area contributed by atoms with E-state index >= 15 is 0 Å². The molecule has 1 saturated heterocycles. The van der Waals surface area contributed by atoms with Gasteiger partial charge in [0.25, 0.3) is 0 Å². The van der Waals surface area contributed by atoms with E-state index in [2.05, 4.69) is 36.3 Å². The van der Waals surface area contributed by atoms with Crippen molar-refractivity contribution in [2.75, 3.05) is 6.54 Å². The number of hydrogen-bond acceptors (Lipinski definition) is 3. The molecular formula is C19H37ClN4O. The number of piperidine rings is 1. The average Bonchev–Trinajstić information content (AvgIpc) is 2.57. The van der Waals surface area contributed by atoms with Crippen molar-refractivity contribution < 1.29 is 4.79 Å². The topological polar surface area (TPSA) is 56.7 Å². The molecule has 0 aromatic heterocycles. The van der Waals surface area contributed by atoms with Crippen LogP contribution in [0.3, 0.4) is 0 Å². The minimum atomic E-state index is -0.133. The molecule has 1 fully saturated rings. The van der Waals surface area contributed by atoms with Crippen molar-refractivity contribution in [2.45, 2.75) is 73.8 Å². The van der Waals surface area contributed by atoms with E-state index in [1.807, 2.05) is 32.6 Å². The molecule has 1 aliphatic heterocycles. The normalized spacial score (nSPS) is 20.4. The number of amides is 2. The molecule has 5 nitrogen and oxygen atoms in total. The number of hydrogen-bond donors (Lipinski definition) is 2. The number of carbonyl (C=O) groups excluding carboxylic acids is 1. The molecule has 0 aromatic carbocycles. The van der Waals surface area contributed by atoms with Gasteiger partial charge in [0, 0.05) is 18.8 Å². The zero-order chi connectivity index (χ0) is 19.8. The highest BCUT2D eigenvalue weighted by Crippen LogP contribution is 2.21. The summed E-state index contributed by atoms with van der Waals surface area (Å²) in [6.07, 6.45) is 6.39. The van der Waals surface area contributed by atoms with Crippen LogP contribution in [0.4, 0.5) is 4.79 Å². The average molecular weight is 373 g/mol. The first-order chi connectivity index (χ1) is 11.9. The SMILES string of the molecule is C=CC.CC.CC/C=N\C(NNC(=O)N1CCC(C)CC1C)=C(/C)Cl. The first-order valence-electron chi connectivity index (χ1n) is 9.15. The van der Waals surface area contributed by atoms with E-state index in [1.165, 1.54) is 0 Å². The zero-order valence-corrected chi connectivity index (χ0v) is 17.8. The fraction of sp³-hybridized carbons (Fsp3) is 0.684. The summed E-state index contributed by atoms with van der Waals surface area (Å²) in [7, 11) is 0. The minimum absolute atomic E-state index is 0.133. The first kappa shape index (κ1) is 25.7. The number of allylic oxidation sites excluding steroid dienone is 2. The van der Waals surface area contributed by atoms with E-state index in [0.29, 0.717) is 16.8 Å². The number of likely N-dealkylation sites (tertiary alicyclic amines) is 1. The van der Waals surface area contributed by atoms with Gasteiger partial charge in [0.15, 0.2) is 5.82 Å². The van der Waals surface area contributed by atoms with Crippen LogP contribution >= 0.6 is 11.6 Å². The van der Waals surface area contributed by atoms with Gasteiger partial charge in [-0.3, -0.25) is 10.9 Å². The van der Waals surface area contributed by atoms with Crippen molar-refractivity contribution in [2.24, 2.45) is 10.9 Å². The molecule has 0 spiro atoms. The van der Waals surface area contributed by atoms with Crippen LogP contribution in [-0.2, 0) is 0 Å². The van der Waals surface area contributed by atoms with Crippen LogP contribution in [-0.4, -0.2) is 29.7 Å². The summed E-state index contributed by atoms with van der Waals surface area (Å²) < 4.78 is 0. The lowest BCUT2D eigenvalue weighted by molar-refractivity contribution is 0.137. The summed E-state index contributed by atoms with van der Waals surface area (Å²) >= 11 is 5.94. The maximum Gasteiger partial charge on any atom is 0.336 e. The maximum atomic E-state index is 12.2. The molecule has 1 heterocycles. The highest BCUT2D eigenvalue weighted by molar-refractivity contribution is 6.29. The van der Waals surface area contributed by atoms with Gasteiger partial charge in [-0.15, -0.1) is 6.58 Å². The van der Waals surface area contributed by atoms with E-state index in [1.54, 1.807) is 19.2 Å². The van der Waals surface area contributed by atoms with Gasteiger partial charge in [0.1, 0.15) is 0 Å². The summed E-state index contributed by atoms with van der Waals surface area (Å²) in [4.78, 5) is 18.2. The fourth-order valence-electron chi connectivity index (χ4n) is 2.28. The summed E-state index contributed by atoms with van der Waals surface area (Å²) in [6, 6.07) is 0.121. The van der Waals surface area contributed by atoms with E-state index < -0.39 is 0 Å². The van der Waals surface area contributed by atoms with Crippen molar-refractivity contribution in [1.82, 2.24) is 15.8 Å². The lowest BCUT2D eigenvalue weighted by atomic mass is 9.94. The van der Waals surface area contributed by atoms with Crippen molar-refractivity contribution in [3.63, 3.8) is 0 Å². The summed E-state index contributed by atoms with van der Waals surface area (Å²) in [5, 5.41) is 0.510. The standard InChI is InChI=1S/C14H25ClN4O.C3H6.C2H6/c1-5-7-16-13(12(4)15)17-18-14(20)19-8-6-10(2)9-11(19)3;1-3-2;1-2/h7,10-11,17H,5-6,8-9H2,1-4H3,(H,18,20);3H,1H2,2H3;1-2H3/b13-12-,16-7-;;. The Labute approximate surface area is 159 Å². The van der Waals surface area contributed by atoms with E-state index in [-0.39, 0.29) is 12.1 Å². The van der Waals surface area contributed by atoms with Gasteiger partial charge in [0.05, 0.1) is 5.03 Å². The predicted octanol–water partition coefficient (Wildman–Crippen LogP) is 5.45. The van der Waals surface area contributed by atoms with Crippen LogP contribution in [0.1, 0.15) is 67.7 Å². The summed E-state index contributed by atoms with van der Waals surface area (Å²) in [6.45, 7) is 18.1. The highest BCUT2D eigenvalue weighted by Gasteiger charge is 2.26. The van der Waals surface area contributed by atoms with Gasteiger partial charge < -0.3 is 4.90 Å². The van der Waals surface area contributed by atoms with E-state index in [0.717, 1.165) is 25.8 Å². The van der Waals surface area contributed by atoms with Gasteiger partial charge in [-0.05, 0) is 46.0 Å². The number of halogens is 1. The molecule has 25 heavy (non-hydrogen) atoms. The molecule has 0 bridgehead atoms. The monoisotopic (exact) mass is 372 g/mol. The molecule has 2 atom stereocenters. The smallest absolute Gasteiger partial charge is 0.321 e. The van der Waals surface area contributed by atoms with Gasteiger partial charge in [0.2, 0.25) is 0 Å². The number of rotatable bonds is 4. The van der Waals surface area contributed by atoms with Crippen LogP contribution < -0.4 is 10.9 Å². The minimum Gasteiger partial charge on any atom is -0.321 e. The third-order valence-corrected chi connectivity index (χ3v) is 3.60. The molecule has 0 radical (unpaired) electrons. The molecule has 0 aliphatic carbocycles. The molecule has 1 aliphatic rings. The Morgan fingerprint density at radius 2 is 1.92 bits per heavy atom. The number of urea groups is 1. The molecule has 2 unspecified atom stereocenters. The van der Waals surface area contributed by atoms with Crippen molar-refractivity contribution in [1.29, 1.82) is 0 Å². The molecule has 2 amide bonds. The Morgan fingerprint density at radius 1 is 1.36 bits per heavy atom. The third kappa shape index (κ3) is 11.6. The lowest BCUT2D eigenvalue weighted by Gasteiger charge is -2.36. The second-order valence-corrected chi connectivity index (χ2v) is 6.30. The number of aliphatic imine (C=N–C) groups is 1. The zero-order valence-electron chi connectivity index (χ0n) is 17.0. The van der Waals surface area contributed by atoms with Crippen molar-refractivity contribution in [3.8, 4) is 0 Å². The Balaban J connectivity index is 0. The molecule has 146 valence electrons. The first-order valence-corrected chi connectivity index (χ1v) is 9.53. The maximum absolute atomic E-state index is 12.2. The number of nitrogens with zero attached hydrogens (tertiary/aromatic N) is 2. The van der Waals surface area contributed by atoms with Crippen LogP contribution in [0.25, 0.3) is 0 Å². The van der Waals surface area contributed by atoms with Gasteiger partial charge >= 0.3 is 6.03 Å². The Bertz CT molecular complexity index is 431. The van der Waals surface area contributed by atoms with Crippen LogP contribution in [0, 0.1) is 5.92 Å². The Kier molecular flexibility index (Phi) is 16.5. The molecular weight excluding hydrogens is 336 g/mol. The molecule has 1 rings (SSSR count). The Hall–Kier alpha value is -1.49. The van der Waals surface area contributed by atoms with Gasteiger partial charge in [-0.1, -0.05) is 45.4 Å². The van der Waals surface area contributed by atoms with E-state index in [9.17, 15) is 4.79 Å². The molecule has 2 N–H and O–H groups in total. The second-order valence-electron chi connectivity index (χ2n) is 5.74. The number of hydrazine groups is 1. The molecule has 6 heteroatoms. The predicted molar refractivity (Wildman–Crippen MR) is 111 cm³/mol. The van der Waals surface area contributed by atoms with Crippen LogP contribution in [0.5, 0.6) is 0 Å². The number of nitrogens with one attached hydrogen (secondary N) is 2. The highest BCUT2D eigenvalue weighted by atomic mass is 35.5. The fourth-order valence-corrected chi connectivity index (χ4v) is 2.38. The van der Waals surface area contributed by atoms with Crippen molar-refractivity contribution in [3.05, 3.63) is 23.5 Å². The Morgan fingerprint density at radius 3 is 2.36 bits per heavy atom. The van der Waals surface area contributed by atoms with Gasteiger partial charge in [-0.2, -0.15) is 0 Å². The molecule has 0 saturated carbocycles. The van der Waals surface area contributed by atoms with Crippen LogP contribution in [0.15, 0.2) is 28.5 Å². The van der Waals surface area contributed by atoms with E-state index in [4.69, 9.17) is 11.6 Å². The summed E-state index contributed by atoms with van der Waals surface area (Å²) in [5.74, 6) is 1.15. The summed E-state index contributed by atoms with van der Waals surface area (Å²) in [5.41, 5.74) is 5.46. The quantitative estimate of drug-likeness (QED) is 0.391. The van der Waals surface area contributed by atoms with Gasteiger partial charge in [-0.25, -0.2) is 9.79 Å². The third-order valence-electron chi connectivity index (χ3n) is 3.42. The van der Waals surface area contributed by atoms with Crippen molar-refractivity contribution >= 4 is 23.8 Å². The number of carbonyl (C=O) groups is 1. The largest absolute Gasteiger partial charge is 0.336 e.